The van der Waals surface area contributed by atoms with Gasteiger partial charge in [0.2, 0.25) is 0 Å². The van der Waals surface area contributed by atoms with Crippen LogP contribution in [0.25, 0.3) is 0 Å². The number of Topliss-reactive ketones (excluding diaryl/α,β-unsaturated/α-hetero) is 1. The second-order valence-corrected chi connectivity index (χ2v) is 7.65. The third-order valence-corrected chi connectivity index (χ3v) is 5.73. The molecule has 0 amide bonds. The summed E-state index contributed by atoms with van der Waals surface area (Å²) in [4.78, 5) is 14.8. The van der Waals surface area contributed by atoms with Gasteiger partial charge >= 0.3 is 0 Å². The van der Waals surface area contributed by atoms with Gasteiger partial charge in [0.15, 0.2) is 5.78 Å². The third-order valence-electron chi connectivity index (χ3n) is 5.73. The van der Waals surface area contributed by atoms with Crippen LogP contribution in [-0.4, -0.2) is 5.78 Å². The molecule has 5 heteroatoms. The average molecular weight is 387 g/mol. The molecule has 146 valence electrons. The number of nitrogens with zero attached hydrogens (tertiary/aromatic N) is 2. The van der Waals surface area contributed by atoms with E-state index in [-0.39, 0.29) is 11.6 Å². The van der Waals surface area contributed by atoms with Crippen molar-refractivity contribution in [2.45, 2.75) is 39.0 Å². The van der Waals surface area contributed by atoms with E-state index in [0.29, 0.717) is 35.5 Å². The molecule has 4 rings (SSSR count). The van der Waals surface area contributed by atoms with E-state index in [1.165, 1.54) is 12.1 Å². The van der Waals surface area contributed by atoms with Crippen LogP contribution < -0.4 is 10.6 Å². The molecular formula is C24H22FN3O. The number of hydrogen-bond acceptors (Lipinski definition) is 4. The summed E-state index contributed by atoms with van der Waals surface area (Å²) in [7, 11) is 0. The number of hydrogen-bond donors (Lipinski definition) is 1. The van der Waals surface area contributed by atoms with Crippen molar-refractivity contribution in [3.05, 3.63) is 87.6 Å². The molecule has 0 aromatic heterocycles. The highest BCUT2D eigenvalue weighted by atomic mass is 19.1. The topological polar surface area (TPSA) is 70.1 Å². The molecule has 29 heavy (non-hydrogen) atoms. The summed E-state index contributed by atoms with van der Waals surface area (Å²) < 4.78 is 13.5. The lowest BCUT2D eigenvalue weighted by atomic mass is 9.74. The van der Waals surface area contributed by atoms with E-state index in [1.807, 2.05) is 26.0 Å². The van der Waals surface area contributed by atoms with Gasteiger partial charge in [0.1, 0.15) is 11.6 Å². The second-order valence-electron chi connectivity index (χ2n) is 7.65. The van der Waals surface area contributed by atoms with E-state index in [9.17, 15) is 14.4 Å². The maximum absolute atomic E-state index is 13.5. The number of carbonyl (C=O) groups is 1. The number of nitrogens with two attached hydrogens (primary N) is 1. The molecule has 1 heterocycles. The monoisotopic (exact) mass is 387 g/mol. The van der Waals surface area contributed by atoms with Crippen molar-refractivity contribution >= 4 is 11.5 Å². The second kappa shape index (κ2) is 7.21. The first kappa shape index (κ1) is 18.9. The van der Waals surface area contributed by atoms with Gasteiger partial charge in [-0.1, -0.05) is 23.8 Å². The van der Waals surface area contributed by atoms with Crippen molar-refractivity contribution in [3.8, 4) is 6.07 Å². The first-order valence-electron chi connectivity index (χ1n) is 9.71. The van der Waals surface area contributed by atoms with Gasteiger partial charge in [-0.2, -0.15) is 5.26 Å². The van der Waals surface area contributed by atoms with Crippen molar-refractivity contribution in [3.63, 3.8) is 0 Å². The van der Waals surface area contributed by atoms with Crippen LogP contribution in [-0.2, 0) is 4.79 Å². The summed E-state index contributed by atoms with van der Waals surface area (Å²) >= 11 is 0. The maximum Gasteiger partial charge on any atom is 0.161 e. The van der Waals surface area contributed by atoms with E-state index in [0.717, 1.165) is 28.8 Å². The number of carbonyl (C=O) groups excluding carboxylic acids is 1. The summed E-state index contributed by atoms with van der Waals surface area (Å²) in [6.45, 7) is 4.01. The fraction of sp³-hybridized carbons (Fsp3) is 0.250. The van der Waals surface area contributed by atoms with Gasteiger partial charge < -0.3 is 5.73 Å². The van der Waals surface area contributed by atoms with E-state index in [4.69, 9.17) is 5.73 Å². The number of nitriles is 1. The summed E-state index contributed by atoms with van der Waals surface area (Å²) in [6, 6.07) is 14.3. The molecule has 2 N–H and O–H groups in total. The summed E-state index contributed by atoms with van der Waals surface area (Å²) in [5, 5.41) is 10.0. The Labute approximate surface area is 169 Å². The summed E-state index contributed by atoms with van der Waals surface area (Å²) in [5.41, 5.74) is 12.0. The number of anilines is 1. The Bertz CT molecular complexity index is 1110. The van der Waals surface area contributed by atoms with Gasteiger partial charge in [-0.25, -0.2) is 4.39 Å². The SMILES string of the molecule is Cc1ccc([C@H]2C(C#N)=C(N)N(c3ccc(F)cc3)C3=C2C(=O)CCC3)c(C)c1. The smallest absolute Gasteiger partial charge is 0.161 e. The molecule has 0 radical (unpaired) electrons. The zero-order valence-corrected chi connectivity index (χ0v) is 16.5. The molecule has 0 bridgehead atoms. The van der Waals surface area contributed by atoms with Crippen LogP contribution in [0.2, 0.25) is 0 Å². The molecule has 1 atom stereocenters. The zero-order chi connectivity index (χ0) is 20.7. The molecule has 2 aromatic carbocycles. The van der Waals surface area contributed by atoms with Crippen LogP contribution in [0.3, 0.4) is 0 Å². The molecule has 2 aliphatic rings. The van der Waals surface area contributed by atoms with Crippen molar-refractivity contribution in [2.24, 2.45) is 5.73 Å². The molecule has 0 saturated heterocycles. The average Bonchev–Trinajstić information content (AvgIpc) is 2.69. The molecular weight excluding hydrogens is 365 g/mol. The molecule has 1 aliphatic carbocycles. The van der Waals surface area contributed by atoms with Gasteiger partial charge in [0.25, 0.3) is 0 Å². The lowest BCUT2D eigenvalue weighted by molar-refractivity contribution is -0.116. The van der Waals surface area contributed by atoms with Crippen LogP contribution in [0.4, 0.5) is 10.1 Å². The molecule has 0 unspecified atom stereocenters. The van der Waals surface area contributed by atoms with Crippen LogP contribution in [0.1, 0.15) is 41.9 Å². The minimum absolute atomic E-state index is 0.0450. The van der Waals surface area contributed by atoms with Crippen LogP contribution >= 0.6 is 0 Å². The molecule has 2 aromatic rings. The predicted octanol–water partition coefficient (Wildman–Crippen LogP) is 4.75. The Morgan fingerprint density at radius 3 is 2.52 bits per heavy atom. The van der Waals surface area contributed by atoms with Gasteiger partial charge in [0.05, 0.1) is 17.6 Å². The Morgan fingerprint density at radius 1 is 1.14 bits per heavy atom. The number of aryl methyl sites for hydroxylation is 2. The number of allylic oxidation sites excluding steroid dienone is 3. The van der Waals surface area contributed by atoms with E-state index in [2.05, 4.69) is 12.1 Å². The van der Waals surface area contributed by atoms with Crippen molar-refractivity contribution in [1.82, 2.24) is 0 Å². The lowest BCUT2D eigenvalue weighted by Crippen LogP contribution is -2.38. The summed E-state index contributed by atoms with van der Waals surface area (Å²) in [6.07, 6.45) is 1.86. The first-order chi connectivity index (χ1) is 13.9. The van der Waals surface area contributed by atoms with E-state index >= 15 is 0 Å². The Hall–Kier alpha value is -3.39. The van der Waals surface area contributed by atoms with Crippen molar-refractivity contribution in [2.75, 3.05) is 4.90 Å². The summed E-state index contributed by atoms with van der Waals surface area (Å²) in [5.74, 6) is -0.475. The van der Waals surface area contributed by atoms with Crippen LogP contribution in [0.5, 0.6) is 0 Å². The standard InChI is InChI=1S/C24H22FN3O/c1-14-6-11-18(15(2)12-14)22-19(13-26)24(27)28(17-9-7-16(25)8-10-17)20-4-3-5-21(29)23(20)22/h6-12,22H,3-5,27H2,1-2H3/t22-/m0/s1. The number of halogens is 1. The quantitative estimate of drug-likeness (QED) is 0.807. The van der Waals surface area contributed by atoms with Crippen LogP contribution in [0.15, 0.2) is 65.1 Å². The van der Waals surface area contributed by atoms with Gasteiger partial charge in [-0.3, -0.25) is 9.69 Å². The predicted molar refractivity (Wildman–Crippen MR) is 110 cm³/mol. The fourth-order valence-corrected chi connectivity index (χ4v) is 4.43. The van der Waals surface area contributed by atoms with E-state index in [1.54, 1.807) is 17.0 Å². The first-order valence-corrected chi connectivity index (χ1v) is 9.71. The maximum atomic E-state index is 13.5. The Kier molecular flexibility index (Phi) is 4.71. The number of rotatable bonds is 2. The highest BCUT2D eigenvalue weighted by molar-refractivity contribution is 6.01. The Balaban J connectivity index is 1.98. The molecule has 0 fully saturated rings. The zero-order valence-electron chi connectivity index (χ0n) is 16.5. The van der Waals surface area contributed by atoms with Gasteiger partial charge in [-0.15, -0.1) is 0 Å². The fourth-order valence-electron chi connectivity index (χ4n) is 4.43. The molecule has 1 aliphatic heterocycles. The molecule has 0 spiro atoms. The van der Waals surface area contributed by atoms with Crippen molar-refractivity contribution in [1.29, 1.82) is 5.26 Å². The van der Waals surface area contributed by atoms with Crippen LogP contribution in [0, 0.1) is 31.0 Å². The minimum atomic E-state index is -0.472. The Morgan fingerprint density at radius 2 is 1.86 bits per heavy atom. The largest absolute Gasteiger partial charge is 0.384 e. The highest BCUT2D eigenvalue weighted by Gasteiger charge is 2.40. The van der Waals surface area contributed by atoms with E-state index < -0.39 is 5.92 Å². The van der Waals surface area contributed by atoms with Gasteiger partial charge in [-0.05, 0) is 62.1 Å². The van der Waals surface area contributed by atoms with Crippen molar-refractivity contribution < 1.29 is 9.18 Å². The lowest BCUT2D eigenvalue weighted by Gasteiger charge is -2.40. The minimum Gasteiger partial charge on any atom is -0.384 e. The molecule has 0 saturated carbocycles. The molecule has 4 nitrogen and oxygen atoms in total. The number of ketones is 1. The normalized spacial score (nSPS) is 19.3. The number of benzene rings is 2. The third kappa shape index (κ3) is 3.11. The highest BCUT2D eigenvalue weighted by Crippen LogP contribution is 2.46. The van der Waals surface area contributed by atoms with Gasteiger partial charge in [0, 0.05) is 23.4 Å².